The van der Waals surface area contributed by atoms with Crippen molar-refractivity contribution in [2.45, 2.75) is 24.5 Å². The maximum absolute atomic E-state index is 12.6. The maximum atomic E-state index is 12.6. The minimum absolute atomic E-state index is 0.241. The van der Waals surface area contributed by atoms with Crippen molar-refractivity contribution in [2.75, 3.05) is 44.0 Å². The molecule has 2 aliphatic rings. The van der Waals surface area contributed by atoms with Crippen LogP contribution in [0, 0.1) is 0 Å². The molecule has 0 aliphatic carbocycles. The number of carbonyl (C=O) groups is 1. The van der Waals surface area contributed by atoms with Crippen LogP contribution in [0.3, 0.4) is 0 Å². The van der Waals surface area contributed by atoms with E-state index in [0.717, 1.165) is 0 Å². The van der Waals surface area contributed by atoms with Crippen molar-refractivity contribution in [3.8, 4) is 0 Å². The summed E-state index contributed by atoms with van der Waals surface area (Å²) in [6.07, 6.45) is 1.05. The van der Waals surface area contributed by atoms with E-state index in [-0.39, 0.29) is 5.82 Å². The molecule has 4 rings (SSSR count). The zero-order valence-electron chi connectivity index (χ0n) is 15.3. The Labute approximate surface area is 165 Å². The first-order valence-electron chi connectivity index (χ1n) is 8.89. The number of rotatable bonds is 4. The molecule has 2 aliphatic heterocycles. The number of nitrogen functional groups attached to an aromatic ring is 1. The van der Waals surface area contributed by atoms with E-state index in [0.29, 0.717) is 43.2 Å². The number of thioether (sulfide) groups is 1. The van der Waals surface area contributed by atoms with Crippen molar-refractivity contribution >= 4 is 34.8 Å². The molecule has 0 saturated carbocycles. The Hall–Kier alpha value is -2.15. The third kappa shape index (κ3) is 3.48. The first-order valence-corrected chi connectivity index (χ1v) is 10.3. The van der Waals surface area contributed by atoms with Gasteiger partial charge in [0.15, 0.2) is 23.8 Å². The number of nitrogens with zero attached hydrogens (tertiary/aromatic N) is 5. The van der Waals surface area contributed by atoms with Gasteiger partial charge in [-0.05, 0) is 6.26 Å². The van der Waals surface area contributed by atoms with Crippen LogP contribution in [0.5, 0.6) is 0 Å². The summed E-state index contributed by atoms with van der Waals surface area (Å²) in [4.78, 5) is 26.6. The summed E-state index contributed by atoms with van der Waals surface area (Å²) < 4.78 is 18.6. The number of ether oxygens (including phenoxy) is 3. The Morgan fingerprint density at radius 2 is 2.18 bits per heavy atom. The molecule has 2 aromatic rings. The predicted molar refractivity (Wildman–Crippen MR) is 101 cm³/mol. The lowest BCUT2D eigenvalue weighted by atomic mass is 10.1. The van der Waals surface area contributed by atoms with Crippen LogP contribution in [0.15, 0.2) is 12.7 Å². The summed E-state index contributed by atoms with van der Waals surface area (Å²) in [6.45, 7) is 1.80. The molecule has 1 unspecified atom stereocenters. The standard InChI is InChI=1S/C16H22N6O5S/c1-28-6-9-11(23)12(27-16(24)21-2-4-25-5-3-21)15(26-9)22-8-20-10-13(17)18-7-19-14(10)22/h7-9,11-12,15,23H,2-6H2,1H3,(H2,17,18,19)/t9-,11?,12+,15-/m1/s1. The number of morpholine rings is 1. The van der Waals surface area contributed by atoms with Gasteiger partial charge in [-0.3, -0.25) is 4.57 Å². The van der Waals surface area contributed by atoms with Crippen LogP contribution in [-0.4, -0.2) is 92.2 Å². The molecule has 0 radical (unpaired) electrons. The molecule has 3 N–H and O–H groups in total. The third-order valence-electron chi connectivity index (χ3n) is 4.81. The van der Waals surface area contributed by atoms with Gasteiger partial charge in [-0.2, -0.15) is 11.8 Å². The fraction of sp³-hybridized carbons (Fsp3) is 0.625. The largest absolute Gasteiger partial charge is 0.438 e. The van der Waals surface area contributed by atoms with E-state index in [1.165, 1.54) is 24.4 Å². The van der Waals surface area contributed by atoms with Gasteiger partial charge in [0.25, 0.3) is 0 Å². The number of aliphatic hydroxyl groups excluding tert-OH is 1. The van der Waals surface area contributed by atoms with Crippen molar-refractivity contribution in [3.05, 3.63) is 12.7 Å². The summed E-state index contributed by atoms with van der Waals surface area (Å²) >= 11 is 1.53. The van der Waals surface area contributed by atoms with E-state index in [4.69, 9.17) is 19.9 Å². The fourth-order valence-corrected chi connectivity index (χ4v) is 3.97. The summed E-state index contributed by atoms with van der Waals surface area (Å²) in [5, 5.41) is 10.8. The van der Waals surface area contributed by atoms with Crippen LogP contribution in [0.4, 0.5) is 10.6 Å². The molecule has 4 atom stereocenters. The highest BCUT2D eigenvalue weighted by molar-refractivity contribution is 7.98. The summed E-state index contributed by atoms with van der Waals surface area (Å²) in [5.41, 5.74) is 6.73. The van der Waals surface area contributed by atoms with Crippen LogP contribution in [0.25, 0.3) is 11.2 Å². The molecule has 0 aromatic carbocycles. The monoisotopic (exact) mass is 410 g/mol. The third-order valence-corrected chi connectivity index (χ3v) is 5.47. The van der Waals surface area contributed by atoms with E-state index < -0.39 is 30.6 Å². The Morgan fingerprint density at radius 3 is 2.93 bits per heavy atom. The highest BCUT2D eigenvalue weighted by Gasteiger charge is 2.48. The van der Waals surface area contributed by atoms with Crippen LogP contribution < -0.4 is 5.73 Å². The zero-order valence-corrected chi connectivity index (χ0v) is 16.1. The number of imidazole rings is 1. The molecule has 0 spiro atoms. The number of carbonyl (C=O) groups excluding carboxylic acids is 1. The number of nitrogens with two attached hydrogens (primary N) is 1. The molecule has 152 valence electrons. The van der Waals surface area contributed by atoms with Gasteiger partial charge >= 0.3 is 6.09 Å². The van der Waals surface area contributed by atoms with Gasteiger partial charge in [0.05, 0.1) is 25.6 Å². The molecule has 28 heavy (non-hydrogen) atoms. The number of fused-ring (bicyclic) bond motifs is 1. The van der Waals surface area contributed by atoms with Crippen LogP contribution >= 0.6 is 11.8 Å². The predicted octanol–water partition coefficient (Wildman–Crippen LogP) is -0.133. The summed E-state index contributed by atoms with van der Waals surface area (Å²) in [6, 6.07) is 0. The minimum atomic E-state index is -0.987. The van der Waals surface area contributed by atoms with Gasteiger partial charge in [0.2, 0.25) is 0 Å². The molecule has 2 fully saturated rings. The number of amides is 1. The summed E-state index contributed by atoms with van der Waals surface area (Å²) in [5.74, 6) is 0.789. The summed E-state index contributed by atoms with van der Waals surface area (Å²) in [7, 11) is 0. The van der Waals surface area contributed by atoms with E-state index in [9.17, 15) is 9.90 Å². The molecule has 1 amide bonds. The average Bonchev–Trinajstić information content (AvgIpc) is 3.26. The van der Waals surface area contributed by atoms with Gasteiger partial charge in [-0.1, -0.05) is 0 Å². The molecular formula is C16H22N6O5S. The normalized spacial score (nSPS) is 28.0. The smallest absolute Gasteiger partial charge is 0.410 e. The van der Waals surface area contributed by atoms with Crippen LogP contribution in [0.2, 0.25) is 0 Å². The van der Waals surface area contributed by atoms with Crippen LogP contribution in [0.1, 0.15) is 6.23 Å². The number of aliphatic hydroxyl groups is 1. The average molecular weight is 410 g/mol. The van der Waals surface area contributed by atoms with Crippen molar-refractivity contribution in [1.82, 2.24) is 24.4 Å². The Morgan fingerprint density at radius 1 is 1.39 bits per heavy atom. The fourth-order valence-electron chi connectivity index (χ4n) is 3.36. The molecule has 2 saturated heterocycles. The van der Waals surface area contributed by atoms with Crippen molar-refractivity contribution in [3.63, 3.8) is 0 Å². The van der Waals surface area contributed by atoms with Crippen molar-refractivity contribution < 1.29 is 24.1 Å². The Balaban J connectivity index is 1.62. The van der Waals surface area contributed by atoms with Crippen molar-refractivity contribution in [1.29, 1.82) is 0 Å². The van der Waals surface area contributed by atoms with E-state index in [1.54, 1.807) is 9.47 Å². The molecule has 11 nitrogen and oxygen atoms in total. The zero-order chi connectivity index (χ0) is 19.7. The van der Waals surface area contributed by atoms with Crippen molar-refractivity contribution in [2.24, 2.45) is 0 Å². The first kappa shape index (κ1) is 19.2. The first-order chi connectivity index (χ1) is 13.6. The molecule has 2 aromatic heterocycles. The van der Waals surface area contributed by atoms with Gasteiger partial charge in [-0.15, -0.1) is 0 Å². The van der Waals surface area contributed by atoms with E-state index in [1.807, 2.05) is 6.26 Å². The number of hydrogen-bond acceptors (Lipinski definition) is 10. The van der Waals surface area contributed by atoms with Gasteiger partial charge in [0, 0.05) is 18.8 Å². The van der Waals surface area contributed by atoms with Gasteiger partial charge < -0.3 is 30.0 Å². The Kier molecular flexibility index (Phi) is 5.53. The second kappa shape index (κ2) is 8.07. The topological polar surface area (TPSA) is 138 Å². The minimum Gasteiger partial charge on any atom is -0.438 e. The highest BCUT2D eigenvalue weighted by Crippen LogP contribution is 2.35. The van der Waals surface area contributed by atoms with Gasteiger partial charge in [0.1, 0.15) is 17.9 Å². The number of hydrogen-bond donors (Lipinski definition) is 2. The quantitative estimate of drug-likeness (QED) is 0.701. The number of anilines is 1. The lowest BCUT2D eigenvalue weighted by molar-refractivity contribution is -0.0506. The lowest BCUT2D eigenvalue weighted by Gasteiger charge is -2.29. The molecule has 4 heterocycles. The van der Waals surface area contributed by atoms with Crippen LogP contribution in [-0.2, 0) is 14.2 Å². The second-order valence-electron chi connectivity index (χ2n) is 6.54. The highest BCUT2D eigenvalue weighted by atomic mass is 32.2. The molecule has 0 bridgehead atoms. The Bertz CT molecular complexity index is 844. The van der Waals surface area contributed by atoms with E-state index in [2.05, 4.69) is 15.0 Å². The molecule has 12 heteroatoms. The number of aromatic nitrogens is 4. The molecular weight excluding hydrogens is 388 g/mol. The SMILES string of the molecule is CSC[C@H]1O[C@@H](n2cnc3c(N)ncnc32)[C@@H](OC(=O)N2CCOCC2)C1O. The second-order valence-corrected chi connectivity index (χ2v) is 7.45. The van der Waals surface area contributed by atoms with Gasteiger partial charge in [-0.25, -0.2) is 19.7 Å². The van der Waals surface area contributed by atoms with E-state index >= 15 is 0 Å². The maximum Gasteiger partial charge on any atom is 0.410 e. The lowest BCUT2D eigenvalue weighted by Crippen LogP contribution is -2.45.